The maximum atomic E-state index is 13.0. The number of benzene rings is 1. The summed E-state index contributed by atoms with van der Waals surface area (Å²) >= 11 is 0. The maximum Gasteiger partial charge on any atom is 0.243 e. The standard InChI is InChI=1S/C21H27F2NO/c1-17(2)16-24-21(25)12-10-8-6-4-3-5-7-9-11-18-13-14-19(22)20(23)15-18/h6-10,12-15,17H,3-5,11,16H2,1-2H3,(H,24,25)/b8-6+,9-7+,12-10+. The van der Waals surface area contributed by atoms with E-state index in [0.29, 0.717) is 18.9 Å². The largest absolute Gasteiger partial charge is 0.352 e. The van der Waals surface area contributed by atoms with Gasteiger partial charge < -0.3 is 5.32 Å². The normalized spacial score (nSPS) is 12.0. The van der Waals surface area contributed by atoms with Gasteiger partial charge in [-0.25, -0.2) is 8.78 Å². The van der Waals surface area contributed by atoms with Crippen LogP contribution in [0.4, 0.5) is 8.78 Å². The summed E-state index contributed by atoms with van der Waals surface area (Å²) in [4.78, 5) is 11.4. The van der Waals surface area contributed by atoms with Crippen molar-refractivity contribution in [1.29, 1.82) is 0 Å². The average molecular weight is 347 g/mol. The number of unbranched alkanes of at least 4 members (excludes halogenated alkanes) is 2. The lowest BCUT2D eigenvalue weighted by molar-refractivity contribution is -0.116. The predicted molar refractivity (Wildman–Crippen MR) is 99.2 cm³/mol. The number of nitrogens with one attached hydrogen (secondary N) is 1. The van der Waals surface area contributed by atoms with E-state index in [1.807, 2.05) is 24.3 Å². The minimum absolute atomic E-state index is 0.0708. The van der Waals surface area contributed by atoms with Crippen LogP contribution in [0.2, 0.25) is 0 Å². The van der Waals surface area contributed by atoms with Gasteiger partial charge in [0.25, 0.3) is 0 Å². The molecule has 1 rings (SSSR count). The molecule has 0 saturated heterocycles. The summed E-state index contributed by atoms with van der Waals surface area (Å²) in [5.41, 5.74) is 0.760. The molecule has 2 nitrogen and oxygen atoms in total. The Labute approximate surface area is 149 Å². The Kier molecular flexibility index (Phi) is 10.1. The Bertz CT molecular complexity index is 618. The van der Waals surface area contributed by atoms with E-state index < -0.39 is 11.6 Å². The first-order chi connectivity index (χ1) is 12.0. The van der Waals surface area contributed by atoms with Crippen LogP contribution < -0.4 is 5.32 Å². The maximum absolute atomic E-state index is 13.0. The predicted octanol–water partition coefficient (Wildman–Crippen LogP) is 5.12. The molecule has 1 aromatic rings. The zero-order chi connectivity index (χ0) is 18.5. The van der Waals surface area contributed by atoms with Crippen molar-refractivity contribution in [1.82, 2.24) is 5.32 Å². The number of hydrogen-bond donors (Lipinski definition) is 1. The lowest BCUT2D eigenvalue weighted by Crippen LogP contribution is -2.25. The van der Waals surface area contributed by atoms with Gasteiger partial charge in [-0.15, -0.1) is 0 Å². The van der Waals surface area contributed by atoms with Gasteiger partial charge in [-0.2, -0.15) is 0 Å². The summed E-state index contributed by atoms with van der Waals surface area (Å²) < 4.78 is 25.9. The van der Waals surface area contributed by atoms with Crippen molar-refractivity contribution in [3.05, 3.63) is 71.9 Å². The molecule has 0 aromatic heterocycles. The molecule has 0 aliphatic carbocycles. The number of amides is 1. The summed E-state index contributed by atoms with van der Waals surface area (Å²) in [5.74, 6) is -1.24. The number of rotatable bonds is 10. The van der Waals surface area contributed by atoms with E-state index in [4.69, 9.17) is 0 Å². The van der Waals surface area contributed by atoms with E-state index in [1.165, 1.54) is 12.1 Å². The zero-order valence-corrected chi connectivity index (χ0v) is 15.0. The summed E-state index contributed by atoms with van der Waals surface area (Å²) in [6.07, 6.45) is 14.6. The number of allylic oxidation sites excluding steroid dienone is 5. The molecule has 0 bridgehead atoms. The van der Waals surface area contributed by atoms with Crippen molar-refractivity contribution in [3.63, 3.8) is 0 Å². The third kappa shape index (κ3) is 10.3. The molecule has 0 spiro atoms. The van der Waals surface area contributed by atoms with Crippen molar-refractivity contribution < 1.29 is 13.6 Å². The molecule has 136 valence electrons. The zero-order valence-electron chi connectivity index (χ0n) is 15.0. The SMILES string of the molecule is CC(C)CNC(=O)/C=C/C=C/CCC/C=C/Cc1ccc(F)c(F)c1. The van der Waals surface area contributed by atoms with E-state index in [9.17, 15) is 13.6 Å². The monoisotopic (exact) mass is 347 g/mol. The van der Waals surface area contributed by atoms with Crippen LogP contribution in [0.3, 0.4) is 0 Å². The van der Waals surface area contributed by atoms with Crippen LogP contribution in [0.1, 0.15) is 38.7 Å². The molecule has 0 heterocycles. The Morgan fingerprint density at radius 2 is 1.84 bits per heavy atom. The lowest BCUT2D eigenvalue weighted by atomic mass is 10.1. The molecule has 1 N–H and O–H groups in total. The van der Waals surface area contributed by atoms with Gasteiger partial charge in [-0.05, 0) is 49.3 Å². The summed E-state index contributed by atoms with van der Waals surface area (Å²) in [7, 11) is 0. The van der Waals surface area contributed by atoms with E-state index >= 15 is 0 Å². The van der Waals surface area contributed by atoms with Crippen LogP contribution in [0, 0.1) is 17.6 Å². The number of hydrogen-bond acceptors (Lipinski definition) is 1. The van der Waals surface area contributed by atoms with E-state index in [0.717, 1.165) is 30.9 Å². The van der Waals surface area contributed by atoms with Crippen LogP contribution in [-0.2, 0) is 11.2 Å². The van der Waals surface area contributed by atoms with Gasteiger partial charge in [-0.1, -0.05) is 50.3 Å². The second-order valence-electron chi connectivity index (χ2n) is 6.28. The Balaban J connectivity index is 2.12. The smallest absolute Gasteiger partial charge is 0.243 e. The molecule has 0 aliphatic heterocycles. The van der Waals surface area contributed by atoms with E-state index in [-0.39, 0.29) is 5.91 Å². The fourth-order valence-corrected chi connectivity index (χ4v) is 2.04. The molecular weight excluding hydrogens is 320 g/mol. The number of carbonyl (C=O) groups is 1. The van der Waals surface area contributed by atoms with E-state index in [2.05, 4.69) is 19.2 Å². The van der Waals surface area contributed by atoms with Crippen molar-refractivity contribution in [2.75, 3.05) is 6.54 Å². The van der Waals surface area contributed by atoms with Crippen LogP contribution in [0.5, 0.6) is 0 Å². The third-order valence-electron chi connectivity index (χ3n) is 3.43. The third-order valence-corrected chi connectivity index (χ3v) is 3.43. The van der Waals surface area contributed by atoms with Crippen LogP contribution in [0.25, 0.3) is 0 Å². The van der Waals surface area contributed by atoms with Gasteiger partial charge in [0.05, 0.1) is 0 Å². The molecule has 1 amide bonds. The Morgan fingerprint density at radius 1 is 1.08 bits per heavy atom. The molecule has 25 heavy (non-hydrogen) atoms. The quantitative estimate of drug-likeness (QED) is 0.271. The van der Waals surface area contributed by atoms with Gasteiger partial charge in [0.15, 0.2) is 11.6 Å². The summed E-state index contributed by atoms with van der Waals surface area (Å²) in [6.45, 7) is 4.79. The van der Waals surface area contributed by atoms with Gasteiger partial charge >= 0.3 is 0 Å². The number of halogens is 2. The highest BCUT2D eigenvalue weighted by atomic mass is 19.2. The highest BCUT2D eigenvalue weighted by molar-refractivity contribution is 5.87. The van der Waals surface area contributed by atoms with Crippen LogP contribution >= 0.6 is 0 Å². The van der Waals surface area contributed by atoms with E-state index in [1.54, 1.807) is 12.1 Å². The van der Waals surface area contributed by atoms with Crippen molar-refractivity contribution in [3.8, 4) is 0 Å². The average Bonchev–Trinajstić information content (AvgIpc) is 2.57. The van der Waals surface area contributed by atoms with Crippen LogP contribution in [-0.4, -0.2) is 12.5 Å². The Hall–Kier alpha value is -2.23. The molecule has 4 heteroatoms. The molecule has 0 saturated carbocycles. The number of carbonyl (C=O) groups excluding carboxylic acids is 1. The lowest BCUT2D eigenvalue weighted by Gasteiger charge is -2.03. The summed E-state index contributed by atoms with van der Waals surface area (Å²) in [6, 6.07) is 3.97. The molecule has 0 fully saturated rings. The molecule has 0 atom stereocenters. The highest BCUT2D eigenvalue weighted by Crippen LogP contribution is 2.10. The topological polar surface area (TPSA) is 29.1 Å². The van der Waals surface area contributed by atoms with Crippen LogP contribution in [0.15, 0.2) is 54.7 Å². The van der Waals surface area contributed by atoms with Crippen molar-refractivity contribution in [2.24, 2.45) is 5.92 Å². The van der Waals surface area contributed by atoms with Gasteiger partial charge in [0.1, 0.15) is 0 Å². The van der Waals surface area contributed by atoms with Gasteiger partial charge in [0, 0.05) is 12.6 Å². The molecular formula is C21H27F2NO. The summed E-state index contributed by atoms with van der Waals surface area (Å²) in [5, 5.41) is 2.81. The van der Waals surface area contributed by atoms with Gasteiger partial charge in [-0.3, -0.25) is 4.79 Å². The second-order valence-corrected chi connectivity index (χ2v) is 6.28. The molecule has 0 unspecified atom stereocenters. The van der Waals surface area contributed by atoms with Gasteiger partial charge in [0.2, 0.25) is 5.91 Å². The molecule has 0 radical (unpaired) electrons. The minimum atomic E-state index is -0.814. The highest BCUT2D eigenvalue weighted by Gasteiger charge is 2.00. The minimum Gasteiger partial charge on any atom is -0.352 e. The molecule has 1 aromatic carbocycles. The first-order valence-electron chi connectivity index (χ1n) is 8.69. The second kappa shape index (κ2) is 12.2. The van der Waals surface area contributed by atoms with Crippen molar-refractivity contribution >= 4 is 5.91 Å². The first kappa shape index (κ1) is 20.8. The van der Waals surface area contributed by atoms with Crippen molar-refractivity contribution in [2.45, 2.75) is 39.5 Å². The fraction of sp³-hybridized carbons (Fsp3) is 0.381. The first-order valence-corrected chi connectivity index (χ1v) is 8.69. The fourth-order valence-electron chi connectivity index (χ4n) is 2.04. The molecule has 0 aliphatic rings. The Morgan fingerprint density at radius 3 is 2.56 bits per heavy atom.